The van der Waals surface area contributed by atoms with E-state index < -0.39 is 5.79 Å². The van der Waals surface area contributed by atoms with Gasteiger partial charge in [0.05, 0.1) is 6.54 Å². The highest BCUT2D eigenvalue weighted by Crippen LogP contribution is 2.42. The Bertz CT molecular complexity index is 783. The zero-order valence-corrected chi connectivity index (χ0v) is 14.8. The average molecular weight is 353 g/mol. The number of carbonyl (C=O) groups is 1. The van der Waals surface area contributed by atoms with Crippen LogP contribution in [0.5, 0.6) is 11.5 Å². The lowest BCUT2D eigenvalue weighted by Gasteiger charge is -2.23. The van der Waals surface area contributed by atoms with E-state index in [0.717, 1.165) is 35.8 Å². The molecule has 6 heteroatoms. The Morgan fingerprint density at radius 3 is 2.54 bits per heavy atom. The zero-order valence-electron chi connectivity index (χ0n) is 14.8. The molecule has 0 aromatic heterocycles. The highest BCUT2D eigenvalue weighted by atomic mass is 16.7. The fourth-order valence-electron chi connectivity index (χ4n) is 3.38. The molecule has 2 amide bonds. The van der Waals surface area contributed by atoms with Gasteiger partial charge in [0.25, 0.3) is 5.79 Å². The van der Waals surface area contributed by atoms with Crippen LogP contribution in [0, 0.1) is 0 Å². The summed E-state index contributed by atoms with van der Waals surface area (Å²) in [5, 5.41) is 6.32. The second-order valence-electron chi connectivity index (χ2n) is 6.60. The summed E-state index contributed by atoms with van der Waals surface area (Å²) >= 11 is 0. The summed E-state index contributed by atoms with van der Waals surface area (Å²) in [6, 6.07) is 15.3. The molecule has 1 fully saturated rings. The number of ether oxygens (including phenoxy) is 2. The first kappa shape index (κ1) is 16.7. The molecule has 2 N–H and O–H groups in total. The van der Waals surface area contributed by atoms with Gasteiger partial charge in [-0.05, 0) is 30.3 Å². The first-order valence-corrected chi connectivity index (χ1v) is 9.01. The number of hydrogen-bond acceptors (Lipinski definition) is 4. The Morgan fingerprint density at radius 1 is 1.12 bits per heavy atom. The van der Waals surface area contributed by atoms with Gasteiger partial charge in [-0.25, -0.2) is 4.79 Å². The number of urea groups is 1. The van der Waals surface area contributed by atoms with Crippen LogP contribution in [-0.4, -0.2) is 36.4 Å². The summed E-state index contributed by atoms with van der Waals surface area (Å²) in [7, 11) is 0. The van der Waals surface area contributed by atoms with Crippen molar-refractivity contribution >= 4 is 11.7 Å². The van der Waals surface area contributed by atoms with Crippen molar-refractivity contribution in [2.45, 2.75) is 25.7 Å². The highest BCUT2D eigenvalue weighted by molar-refractivity contribution is 5.90. The van der Waals surface area contributed by atoms with Crippen LogP contribution in [0.25, 0.3) is 0 Å². The van der Waals surface area contributed by atoms with E-state index in [9.17, 15) is 4.79 Å². The lowest BCUT2D eigenvalue weighted by Crippen LogP contribution is -2.43. The Balaban J connectivity index is 1.42. The molecule has 6 nitrogen and oxygen atoms in total. The molecule has 2 aromatic carbocycles. The molecule has 4 rings (SSSR count). The number of likely N-dealkylation sites (tertiary alicyclic amines) is 1. The minimum absolute atomic E-state index is 0.131. The van der Waals surface area contributed by atoms with Crippen LogP contribution in [0.2, 0.25) is 0 Å². The molecular formula is C20H23N3O3. The number of amides is 2. The van der Waals surface area contributed by atoms with Gasteiger partial charge >= 0.3 is 6.03 Å². The van der Waals surface area contributed by atoms with Crippen molar-refractivity contribution in [3.05, 3.63) is 54.1 Å². The topological polar surface area (TPSA) is 62.8 Å². The van der Waals surface area contributed by atoms with Crippen molar-refractivity contribution in [2.24, 2.45) is 0 Å². The predicted octanol–water partition coefficient (Wildman–Crippen LogP) is 3.20. The number of rotatable bonds is 4. The number of carbonyl (C=O) groups excluding carboxylic acids is 1. The monoisotopic (exact) mass is 353 g/mol. The van der Waals surface area contributed by atoms with Crippen LogP contribution in [0.1, 0.15) is 18.9 Å². The van der Waals surface area contributed by atoms with Crippen LogP contribution < -0.4 is 20.1 Å². The van der Waals surface area contributed by atoms with E-state index in [1.807, 2.05) is 48.5 Å². The second kappa shape index (κ2) is 6.88. The number of hydrogen-bond donors (Lipinski definition) is 2. The third kappa shape index (κ3) is 3.20. The average Bonchev–Trinajstić information content (AvgIpc) is 3.24. The maximum atomic E-state index is 12.7. The molecule has 1 spiro atoms. The van der Waals surface area contributed by atoms with Gasteiger partial charge in [0.2, 0.25) is 0 Å². The second-order valence-corrected chi connectivity index (χ2v) is 6.60. The summed E-state index contributed by atoms with van der Waals surface area (Å²) in [6.45, 7) is 4.66. The van der Waals surface area contributed by atoms with Crippen molar-refractivity contribution < 1.29 is 14.3 Å². The van der Waals surface area contributed by atoms with Crippen molar-refractivity contribution in [2.75, 3.05) is 25.0 Å². The minimum Gasteiger partial charge on any atom is -0.447 e. The Labute approximate surface area is 153 Å². The molecule has 26 heavy (non-hydrogen) atoms. The van der Waals surface area contributed by atoms with E-state index in [0.29, 0.717) is 19.5 Å². The Morgan fingerprint density at radius 2 is 1.81 bits per heavy atom. The van der Waals surface area contributed by atoms with Gasteiger partial charge < -0.3 is 25.0 Å². The number of benzene rings is 2. The smallest absolute Gasteiger partial charge is 0.322 e. The number of para-hydroxylation sites is 3. The molecule has 2 aliphatic rings. The van der Waals surface area contributed by atoms with E-state index >= 15 is 0 Å². The maximum Gasteiger partial charge on any atom is 0.322 e. The number of fused-ring (bicyclic) bond motifs is 1. The maximum absolute atomic E-state index is 12.7. The van der Waals surface area contributed by atoms with Gasteiger partial charge in [0.15, 0.2) is 11.5 Å². The van der Waals surface area contributed by atoms with Gasteiger partial charge in [-0.15, -0.1) is 0 Å². The summed E-state index contributed by atoms with van der Waals surface area (Å²) in [5.74, 6) is 0.723. The van der Waals surface area contributed by atoms with E-state index in [1.54, 1.807) is 4.90 Å². The zero-order chi connectivity index (χ0) is 18.0. The molecule has 0 radical (unpaired) electrons. The van der Waals surface area contributed by atoms with Crippen molar-refractivity contribution in [3.63, 3.8) is 0 Å². The lowest BCUT2D eigenvalue weighted by atomic mass is 10.2. The molecule has 0 atom stereocenters. The van der Waals surface area contributed by atoms with Crippen LogP contribution in [-0.2, 0) is 6.54 Å². The summed E-state index contributed by atoms with van der Waals surface area (Å²) < 4.78 is 12.0. The molecule has 0 aliphatic carbocycles. The lowest BCUT2D eigenvalue weighted by molar-refractivity contribution is -0.0647. The van der Waals surface area contributed by atoms with Crippen LogP contribution in [0.15, 0.2) is 48.5 Å². The van der Waals surface area contributed by atoms with Gasteiger partial charge in [-0.3, -0.25) is 0 Å². The normalized spacial score (nSPS) is 16.9. The Hall–Kier alpha value is -2.73. The third-order valence-corrected chi connectivity index (χ3v) is 4.75. The molecular weight excluding hydrogens is 330 g/mol. The van der Waals surface area contributed by atoms with Crippen LogP contribution in [0.4, 0.5) is 10.5 Å². The largest absolute Gasteiger partial charge is 0.447 e. The van der Waals surface area contributed by atoms with Gasteiger partial charge in [-0.2, -0.15) is 0 Å². The van der Waals surface area contributed by atoms with Crippen LogP contribution >= 0.6 is 0 Å². The summed E-state index contributed by atoms with van der Waals surface area (Å²) in [5.41, 5.74) is 1.90. The van der Waals surface area contributed by atoms with Crippen molar-refractivity contribution in [1.82, 2.24) is 10.2 Å². The first-order valence-electron chi connectivity index (χ1n) is 9.01. The standard InChI is InChI=1S/C20H23N3O3/c1-2-21-13-15-7-3-4-8-16(15)22-19(24)23-12-11-20(14-23)25-17-9-5-6-10-18(17)26-20/h3-10,21H,2,11-14H2,1H3,(H,22,24). The summed E-state index contributed by atoms with van der Waals surface area (Å²) in [4.78, 5) is 14.5. The molecule has 2 aliphatic heterocycles. The van der Waals surface area contributed by atoms with Gasteiger partial charge in [-0.1, -0.05) is 37.3 Å². The fraction of sp³-hybridized carbons (Fsp3) is 0.350. The molecule has 2 heterocycles. The Kier molecular flexibility index (Phi) is 4.42. The molecule has 2 aromatic rings. The highest BCUT2D eigenvalue weighted by Gasteiger charge is 2.48. The van der Waals surface area contributed by atoms with Gasteiger partial charge in [0.1, 0.15) is 0 Å². The predicted molar refractivity (Wildman–Crippen MR) is 99.5 cm³/mol. The van der Waals surface area contributed by atoms with E-state index in [1.165, 1.54) is 0 Å². The van der Waals surface area contributed by atoms with E-state index in [2.05, 4.69) is 17.6 Å². The van der Waals surface area contributed by atoms with Crippen molar-refractivity contribution in [3.8, 4) is 11.5 Å². The molecule has 0 saturated carbocycles. The third-order valence-electron chi connectivity index (χ3n) is 4.75. The first-order chi connectivity index (χ1) is 12.7. The molecule has 0 unspecified atom stereocenters. The summed E-state index contributed by atoms with van der Waals surface area (Å²) in [6.07, 6.45) is 0.647. The van der Waals surface area contributed by atoms with Gasteiger partial charge in [0, 0.05) is 25.2 Å². The number of nitrogens with zero attached hydrogens (tertiary/aromatic N) is 1. The quantitative estimate of drug-likeness (QED) is 0.886. The van der Waals surface area contributed by atoms with E-state index in [-0.39, 0.29) is 6.03 Å². The van der Waals surface area contributed by atoms with E-state index in [4.69, 9.17) is 9.47 Å². The molecule has 1 saturated heterocycles. The fourth-order valence-corrected chi connectivity index (χ4v) is 3.38. The minimum atomic E-state index is -0.760. The van der Waals surface area contributed by atoms with Crippen LogP contribution in [0.3, 0.4) is 0 Å². The SMILES string of the molecule is CCNCc1ccccc1NC(=O)N1CCC2(C1)Oc1ccccc1O2. The van der Waals surface area contributed by atoms with Crippen molar-refractivity contribution in [1.29, 1.82) is 0 Å². The molecule has 136 valence electrons. The molecule has 0 bridgehead atoms. The number of nitrogens with one attached hydrogen (secondary N) is 2. The number of anilines is 1.